The SMILES string of the molecule is CC.C\C=C(C(=O)C1COc2ccc(Cl)cc2C1)/C(/C=C\CBr)=C(/C)CC. The lowest BCUT2D eigenvalue weighted by atomic mass is 9.85. The van der Waals surface area contributed by atoms with E-state index in [4.69, 9.17) is 16.3 Å². The minimum atomic E-state index is -0.186. The van der Waals surface area contributed by atoms with Crippen LogP contribution in [0.5, 0.6) is 5.75 Å². The molecule has 1 aliphatic heterocycles. The molecule has 0 amide bonds. The van der Waals surface area contributed by atoms with Crippen LogP contribution < -0.4 is 4.74 Å². The Bertz CT molecular complexity index is 732. The van der Waals surface area contributed by atoms with Crippen LogP contribution >= 0.6 is 27.5 Å². The lowest BCUT2D eigenvalue weighted by Gasteiger charge is -2.26. The van der Waals surface area contributed by atoms with E-state index in [1.165, 1.54) is 5.57 Å². The lowest BCUT2D eigenvalue weighted by Crippen LogP contribution is -2.29. The van der Waals surface area contributed by atoms with Gasteiger partial charge in [-0.1, -0.05) is 72.1 Å². The fourth-order valence-corrected chi connectivity index (χ4v) is 3.38. The molecule has 2 rings (SSSR count). The number of hydrogen-bond donors (Lipinski definition) is 0. The Morgan fingerprint density at radius 1 is 1.37 bits per heavy atom. The van der Waals surface area contributed by atoms with Crippen LogP contribution in [0.25, 0.3) is 0 Å². The van der Waals surface area contributed by atoms with E-state index in [0.29, 0.717) is 18.1 Å². The van der Waals surface area contributed by atoms with Crippen LogP contribution in [-0.4, -0.2) is 17.7 Å². The predicted octanol–water partition coefficient (Wildman–Crippen LogP) is 7.11. The molecule has 0 N–H and O–H groups in total. The van der Waals surface area contributed by atoms with Gasteiger partial charge in [0.05, 0.1) is 12.5 Å². The van der Waals surface area contributed by atoms with Crippen molar-refractivity contribution in [1.82, 2.24) is 0 Å². The number of allylic oxidation sites excluding steroid dienone is 6. The highest BCUT2D eigenvalue weighted by atomic mass is 79.9. The number of halogens is 2. The van der Waals surface area contributed by atoms with E-state index < -0.39 is 0 Å². The number of hydrogen-bond acceptors (Lipinski definition) is 2. The molecule has 0 saturated carbocycles. The van der Waals surface area contributed by atoms with Gasteiger partial charge in [-0.05, 0) is 56.0 Å². The van der Waals surface area contributed by atoms with Crippen molar-refractivity contribution in [3.63, 3.8) is 0 Å². The predicted molar refractivity (Wildman–Crippen MR) is 120 cm³/mol. The van der Waals surface area contributed by atoms with Gasteiger partial charge in [-0.2, -0.15) is 0 Å². The van der Waals surface area contributed by atoms with Gasteiger partial charge in [-0.3, -0.25) is 4.79 Å². The zero-order chi connectivity index (χ0) is 20.4. The minimum absolute atomic E-state index is 0.134. The topological polar surface area (TPSA) is 26.3 Å². The van der Waals surface area contributed by atoms with Gasteiger partial charge in [-0.25, -0.2) is 0 Å². The molecule has 27 heavy (non-hydrogen) atoms. The maximum absolute atomic E-state index is 13.2. The Morgan fingerprint density at radius 3 is 2.67 bits per heavy atom. The first-order valence-electron chi connectivity index (χ1n) is 9.56. The number of ketones is 1. The molecule has 0 aliphatic carbocycles. The summed E-state index contributed by atoms with van der Waals surface area (Å²) in [6, 6.07) is 5.58. The molecule has 0 fully saturated rings. The standard InChI is InChI=1S/C21H24BrClO2.C2H6/c1-4-14(3)19(7-6-10-22)18(5-2)21(24)16-11-15-12-17(23)8-9-20(15)25-13-16;1-2/h5-9,12,16H,4,10-11,13H2,1-3H3;1-2H3/b7-6-,18-5+,19-14-;. The fourth-order valence-electron chi connectivity index (χ4n) is 3.00. The number of Topliss-reactive ketones (excluding diaryl/α,β-unsaturated/α-hetero) is 1. The van der Waals surface area contributed by atoms with Crippen LogP contribution in [0.2, 0.25) is 5.02 Å². The first kappa shape index (κ1) is 23.7. The zero-order valence-electron chi connectivity index (χ0n) is 16.9. The highest BCUT2D eigenvalue weighted by Gasteiger charge is 2.29. The van der Waals surface area contributed by atoms with E-state index in [2.05, 4.69) is 29.8 Å². The second-order valence-corrected chi connectivity index (χ2v) is 7.22. The maximum Gasteiger partial charge on any atom is 0.169 e. The van der Waals surface area contributed by atoms with Crippen LogP contribution in [0, 0.1) is 5.92 Å². The second kappa shape index (κ2) is 12.2. The van der Waals surface area contributed by atoms with Gasteiger partial charge in [0.1, 0.15) is 5.75 Å². The molecule has 0 saturated heterocycles. The second-order valence-electron chi connectivity index (χ2n) is 6.13. The average molecular weight is 454 g/mol. The number of ether oxygens (including phenoxy) is 1. The Kier molecular flexibility index (Phi) is 10.7. The fraction of sp³-hybridized carbons (Fsp3) is 0.435. The summed E-state index contributed by atoms with van der Waals surface area (Å²) in [5.41, 5.74) is 4.00. The van der Waals surface area contributed by atoms with Gasteiger partial charge in [-0.15, -0.1) is 0 Å². The molecule has 1 aromatic rings. The number of rotatable bonds is 6. The molecule has 2 nitrogen and oxygen atoms in total. The van der Waals surface area contributed by atoms with Crippen LogP contribution in [0.4, 0.5) is 0 Å². The first-order valence-corrected chi connectivity index (χ1v) is 11.1. The monoisotopic (exact) mass is 452 g/mol. The van der Waals surface area contributed by atoms with Gasteiger partial charge < -0.3 is 4.74 Å². The summed E-state index contributed by atoms with van der Waals surface area (Å²) in [6.07, 6.45) is 7.55. The molecular weight excluding hydrogens is 424 g/mol. The van der Waals surface area contributed by atoms with Gasteiger partial charge in [0.15, 0.2) is 5.78 Å². The summed E-state index contributed by atoms with van der Waals surface area (Å²) in [6.45, 7) is 10.5. The largest absolute Gasteiger partial charge is 0.493 e. The molecule has 1 heterocycles. The van der Waals surface area contributed by atoms with Crippen molar-refractivity contribution < 1.29 is 9.53 Å². The van der Waals surface area contributed by atoms with Crippen LogP contribution in [0.15, 0.2) is 53.1 Å². The van der Waals surface area contributed by atoms with Gasteiger partial charge in [0.2, 0.25) is 0 Å². The lowest BCUT2D eigenvalue weighted by molar-refractivity contribution is -0.120. The normalized spacial score (nSPS) is 17.4. The summed E-state index contributed by atoms with van der Waals surface area (Å²) >= 11 is 9.50. The average Bonchev–Trinajstić information content (AvgIpc) is 2.71. The van der Waals surface area contributed by atoms with Crippen LogP contribution in [0.3, 0.4) is 0 Å². The van der Waals surface area contributed by atoms with Crippen molar-refractivity contribution in [3.05, 3.63) is 63.7 Å². The summed E-state index contributed by atoms with van der Waals surface area (Å²) in [5.74, 6) is 0.777. The third kappa shape index (κ3) is 6.36. The van der Waals surface area contributed by atoms with E-state index in [9.17, 15) is 4.79 Å². The van der Waals surface area contributed by atoms with Crippen LogP contribution in [-0.2, 0) is 11.2 Å². The molecule has 1 aromatic carbocycles. The molecule has 4 heteroatoms. The number of fused-ring (bicyclic) bond motifs is 1. The molecule has 0 bridgehead atoms. The van der Waals surface area contributed by atoms with Gasteiger partial charge in [0, 0.05) is 15.9 Å². The Labute approximate surface area is 177 Å². The van der Waals surface area contributed by atoms with Crippen molar-refractivity contribution in [1.29, 1.82) is 0 Å². The van der Waals surface area contributed by atoms with E-state index in [1.807, 2.05) is 57.2 Å². The molecule has 0 radical (unpaired) electrons. The number of benzene rings is 1. The van der Waals surface area contributed by atoms with E-state index >= 15 is 0 Å². The molecule has 1 unspecified atom stereocenters. The number of carbonyl (C=O) groups is 1. The highest BCUT2D eigenvalue weighted by molar-refractivity contribution is 9.09. The molecular formula is C23H30BrClO2. The van der Waals surface area contributed by atoms with Crippen molar-refractivity contribution in [2.24, 2.45) is 5.92 Å². The summed E-state index contributed by atoms with van der Waals surface area (Å²) in [4.78, 5) is 13.2. The summed E-state index contributed by atoms with van der Waals surface area (Å²) in [5, 5.41) is 1.43. The third-order valence-electron chi connectivity index (χ3n) is 4.51. The van der Waals surface area contributed by atoms with E-state index in [0.717, 1.165) is 34.2 Å². The highest BCUT2D eigenvalue weighted by Crippen LogP contribution is 2.32. The Morgan fingerprint density at radius 2 is 2.07 bits per heavy atom. The Hall–Kier alpha value is -1.32. The van der Waals surface area contributed by atoms with Crippen molar-refractivity contribution in [2.45, 2.75) is 47.5 Å². The van der Waals surface area contributed by atoms with Gasteiger partial charge in [0.25, 0.3) is 0 Å². The van der Waals surface area contributed by atoms with E-state index in [1.54, 1.807) is 0 Å². The van der Waals surface area contributed by atoms with Gasteiger partial charge >= 0.3 is 0 Å². The van der Waals surface area contributed by atoms with Crippen LogP contribution in [0.1, 0.15) is 46.6 Å². The quantitative estimate of drug-likeness (QED) is 0.260. The third-order valence-corrected chi connectivity index (χ3v) is 5.12. The molecule has 1 atom stereocenters. The smallest absolute Gasteiger partial charge is 0.169 e. The molecule has 1 aliphatic rings. The maximum atomic E-state index is 13.2. The van der Waals surface area contributed by atoms with Crippen molar-refractivity contribution in [2.75, 3.05) is 11.9 Å². The van der Waals surface area contributed by atoms with Crippen molar-refractivity contribution in [3.8, 4) is 5.75 Å². The minimum Gasteiger partial charge on any atom is -0.493 e. The Balaban J connectivity index is 0.00000176. The first-order chi connectivity index (χ1) is 13.0. The number of carbonyl (C=O) groups excluding carboxylic acids is 1. The number of alkyl halides is 1. The molecule has 148 valence electrons. The molecule has 0 aromatic heterocycles. The van der Waals surface area contributed by atoms with Crippen molar-refractivity contribution >= 4 is 33.3 Å². The summed E-state index contributed by atoms with van der Waals surface area (Å²) in [7, 11) is 0. The zero-order valence-corrected chi connectivity index (χ0v) is 19.3. The van der Waals surface area contributed by atoms with E-state index in [-0.39, 0.29) is 11.7 Å². The summed E-state index contributed by atoms with van der Waals surface area (Å²) < 4.78 is 5.81. The molecule has 0 spiro atoms.